The van der Waals surface area contributed by atoms with Crippen molar-refractivity contribution in [1.82, 2.24) is 20.0 Å². The fourth-order valence-electron chi connectivity index (χ4n) is 2.61. The molecule has 0 saturated carbocycles. The third-order valence-corrected chi connectivity index (χ3v) is 6.28. The minimum Gasteiger partial charge on any atom is -0.326 e. The minimum atomic E-state index is -3.86. The van der Waals surface area contributed by atoms with Crippen LogP contribution in [0.4, 0.5) is 11.5 Å². The van der Waals surface area contributed by atoms with Gasteiger partial charge in [0.25, 0.3) is 10.0 Å². The largest absolute Gasteiger partial charge is 0.326 e. The summed E-state index contributed by atoms with van der Waals surface area (Å²) in [6.07, 6.45) is 0.190. The van der Waals surface area contributed by atoms with Gasteiger partial charge in [-0.05, 0) is 50.2 Å². The lowest BCUT2D eigenvalue weighted by Gasteiger charge is -2.09. The smallest absolute Gasteiger partial charge is 0.263 e. The van der Waals surface area contributed by atoms with Gasteiger partial charge in [0.05, 0.1) is 27.9 Å². The number of halogens is 2. The molecule has 0 saturated heterocycles. The summed E-state index contributed by atoms with van der Waals surface area (Å²) in [5.74, 6) is -0.190. The zero-order valence-electron chi connectivity index (χ0n) is 16.1. The van der Waals surface area contributed by atoms with Gasteiger partial charge in [-0.1, -0.05) is 23.2 Å². The first-order valence-electron chi connectivity index (χ1n) is 8.77. The van der Waals surface area contributed by atoms with E-state index in [-0.39, 0.29) is 28.2 Å². The molecule has 30 heavy (non-hydrogen) atoms. The molecule has 9 nitrogen and oxygen atoms in total. The van der Waals surface area contributed by atoms with Crippen molar-refractivity contribution in [3.05, 3.63) is 58.0 Å². The maximum absolute atomic E-state index is 12.4. The molecule has 1 aromatic carbocycles. The predicted molar refractivity (Wildman–Crippen MR) is 114 cm³/mol. The van der Waals surface area contributed by atoms with Crippen LogP contribution in [0.15, 0.2) is 41.3 Å². The van der Waals surface area contributed by atoms with E-state index in [1.54, 1.807) is 11.6 Å². The highest BCUT2D eigenvalue weighted by molar-refractivity contribution is 7.92. The fraction of sp³-hybridized carbons (Fsp3) is 0.222. The van der Waals surface area contributed by atoms with Gasteiger partial charge in [-0.15, -0.1) is 10.2 Å². The van der Waals surface area contributed by atoms with Crippen molar-refractivity contribution in [2.24, 2.45) is 0 Å². The summed E-state index contributed by atoms with van der Waals surface area (Å²) < 4.78 is 28.8. The number of aromatic nitrogens is 4. The van der Waals surface area contributed by atoms with Crippen LogP contribution >= 0.6 is 23.2 Å². The van der Waals surface area contributed by atoms with E-state index < -0.39 is 10.0 Å². The van der Waals surface area contributed by atoms with Crippen molar-refractivity contribution in [2.45, 2.75) is 31.7 Å². The second kappa shape index (κ2) is 8.99. The molecule has 0 aliphatic rings. The quantitative estimate of drug-likeness (QED) is 0.547. The second-order valence-corrected chi connectivity index (χ2v) is 8.82. The molecule has 2 aromatic heterocycles. The lowest BCUT2D eigenvalue weighted by Crippen LogP contribution is -2.16. The van der Waals surface area contributed by atoms with Crippen molar-refractivity contribution in [3.63, 3.8) is 0 Å². The zero-order chi connectivity index (χ0) is 21.9. The van der Waals surface area contributed by atoms with Gasteiger partial charge in [-0.2, -0.15) is 5.10 Å². The molecule has 0 aliphatic carbocycles. The van der Waals surface area contributed by atoms with Crippen LogP contribution in [-0.4, -0.2) is 34.3 Å². The number of benzene rings is 1. The number of rotatable bonds is 7. The Labute approximate surface area is 183 Å². The lowest BCUT2D eigenvalue weighted by molar-refractivity contribution is -0.116. The number of nitrogens with one attached hydrogen (secondary N) is 2. The number of anilines is 2. The molecule has 0 fully saturated rings. The highest BCUT2D eigenvalue weighted by Crippen LogP contribution is 2.20. The van der Waals surface area contributed by atoms with E-state index in [9.17, 15) is 13.2 Å². The summed E-state index contributed by atoms with van der Waals surface area (Å²) >= 11 is 11.7. The molecule has 0 aliphatic heterocycles. The van der Waals surface area contributed by atoms with Crippen LogP contribution in [0.5, 0.6) is 0 Å². The van der Waals surface area contributed by atoms with Crippen LogP contribution < -0.4 is 10.0 Å². The number of carbonyl (C=O) groups is 1. The first-order chi connectivity index (χ1) is 14.2. The SMILES string of the molecule is Cc1nn(CCC(=O)Nc2ccc(S(=O)(=O)Nc3ccc(Cl)nn3)cc2)c(C)c1Cl. The van der Waals surface area contributed by atoms with E-state index in [1.165, 1.54) is 36.4 Å². The Morgan fingerprint density at radius 1 is 1.07 bits per heavy atom. The summed E-state index contributed by atoms with van der Waals surface area (Å²) in [6, 6.07) is 8.58. The maximum Gasteiger partial charge on any atom is 0.263 e. The van der Waals surface area contributed by atoms with Gasteiger partial charge >= 0.3 is 0 Å². The van der Waals surface area contributed by atoms with Crippen LogP contribution in [0.25, 0.3) is 0 Å². The topological polar surface area (TPSA) is 119 Å². The predicted octanol–water partition coefficient (Wildman–Crippen LogP) is 3.43. The van der Waals surface area contributed by atoms with E-state index in [1.807, 2.05) is 6.92 Å². The summed E-state index contributed by atoms with van der Waals surface area (Å²) in [4.78, 5) is 12.2. The molecule has 0 spiro atoms. The Morgan fingerprint density at radius 2 is 1.77 bits per heavy atom. The maximum atomic E-state index is 12.4. The van der Waals surface area contributed by atoms with Crippen LogP contribution in [0.3, 0.4) is 0 Å². The molecule has 0 bridgehead atoms. The molecule has 2 heterocycles. The summed E-state index contributed by atoms with van der Waals surface area (Å²) in [5.41, 5.74) is 1.98. The molecule has 0 unspecified atom stereocenters. The van der Waals surface area contributed by atoms with Gasteiger partial charge in [-0.3, -0.25) is 14.2 Å². The van der Waals surface area contributed by atoms with Crippen molar-refractivity contribution >= 4 is 50.6 Å². The van der Waals surface area contributed by atoms with Crippen LogP contribution in [0, 0.1) is 13.8 Å². The molecule has 2 N–H and O–H groups in total. The Kier molecular flexibility index (Phi) is 6.59. The van der Waals surface area contributed by atoms with Crippen LogP contribution in [-0.2, 0) is 21.4 Å². The molecule has 1 amide bonds. The van der Waals surface area contributed by atoms with E-state index >= 15 is 0 Å². The monoisotopic (exact) mass is 468 g/mol. The van der Waals surface area contributed by atoms with Crippen molar-refractivity contribution in [1.29, 1.82) is 0 Å². The molecular formula is C18H18Cl2N6O3S. The van der Waals surface area contributed by atoms with Gasteiger partial charge in [0, 0.05) is 12.1 Å². The van der Waals surface area contributed by atoms with Crippen molar-refractivity contribution in [2.75, 3.05) is 10.0 Å². The Morgan fingerprint density at radius 3 is 2.33 bits per heavy atom. The molecule has 0 atom stereocenters. The standard InChI is InChI=1S/C18H18Cl2N6O3S/c1-11-18(20)12(2)26(24-11)10-9-17(27)21-13-3-5-14(6-4-13)30(28,29)25-16-8-7-15(19)22-23-16/h3-8H,9-10H2,1-2H3,(H,21,27)(H,23,25). The van der Waals surface area contributed by atoms with E-state index in [2.05, 4.69) is 25.3 Å². The first kappa shape index (κ1) is 22.0. The fourth-order valence-corrected chi connectivity index (χ4v) is 3.84. The first-order valence-corrected chi connectivity index (χ1v) is 11.0. The van der Waals surface area contributed by atoms with Crippen LogP contribution in [0.2, 0.25) is 10.2 Å². The number of carbonyl (C=O) groups excluding carboxylic acids is 1. The molecule has 12 heteroatoms. The Balaban J connectivity index is 1.60. The molecule has 3 rings (SSSR count). The summed E-state index contributed by atoms with van der Waals surface area (Å²) in [5, 5.41) is 15.0. The van der Waals surface area contributed by atoms with Gasteiger partial charge in [0.15, 0.2) is 11.0 Å². The minimum absolute atomic E-state index is 0.00883. The van der Waals surface area contributed by atoms with Crippen LogP contribution in [0.1, 0.15) is 17.8 Å². The molecule has 0 radical (unpaired) electrons. The third-order valence-electron chi connectivity index (χ3n) is 4.16. The Hall–Kier alpha value is -2.69. The number of aryl methyl sites for hydroxylation is 2. The number of nitrogens with zero attached hydrogens (tertiary/aromatic N) is 4. The van der Waals surface area contributed by atoms with Crippen molar-refractivity contribution in [3.8, 4) is 0 Å². The summed E-state index contributed by atoms with van der Waals surface area (Å²) in [7, 11) is -3.86. The molecule has 3 aromatic rings. The average Bonchev–Trinajstić information content (AvgIpc) is 2.95. The lowest BCUT2D eigenvalue weighted by atomic mass is 10.3. The van der Waals surface area contributed by atoms with Gasteiger partial charge in [0.2, 0.25) is 5.91 Å². The average molecular weight is 469 g/mol. The number of hydrogen-bond donors (Lipinski definition) is 2. The normalized spacial score (nSPS) is 11.3. The number of hydrogen-bond acceptors (Lipinski definition) is 6. The van der Waals surface area contributed by atoms with E-state index in [4.69, 9.17) is 23.2 Å². The zero-order valence-corrected chi connectivity index (χ0v) is 18.4. The molecular weight excluding hydrogens is 451 g/mol. The van der Waals surface area contributed by atoms with Gasteiger partial charge < -0.3 is 5.32 Å². The number of amides is 1. The summed E-state index contributed by atoms with van der Waals surface area (Å²) in [6.45, 7) is 4.02. The van der Waals surface area contributed by atoms with Gasteiger partial charge in [0.1, 0.15) is 0 Å². The third kappa shape index (κ3) is 5.26. The van der Waals surface area contributed by atoms with E-state index in [0.717, 1.165) is 5.69 Å². The Bertz CT molecular complexity index is 1160. The van der Waals surface area contributed by atoms with Gasteiger partial charge in [-0.25, -0.2) is 8.42 Å². The van der Waals surface area contributed by atoms with E-state index in [0.29, 0.717) is 22.9 Å². The highest BCUT2D eigenvalue weighted by atomic mass is 35.5. The number of sulfonamides is 1. The highest BCUT2D eigenvalue weighted by Gasteiger charge is 2.16. The molecule has 158 valence electrons. The second-order valence-electron chi connectivity index (χ2n) is 6.38. The van der Waals surface area contributed by atoms with Crippen molar-refractivity contribution < 1.29 is 13.2 Å².